The van der Waals surface area contributed by atoms with Crippen molar-refractivity contribution in [1.29, 1.82) is 0 Å². The molecule has 158 valence electrons. The zero-order valence-corrected chi connectivity index (χ0v) is 19.3. The Labute approximate surface area is 191 Å². The molecule has 1 amide bonds. The molecule has 4 aromatic rings. The van der Waals surface area contributed by atoms with Crippen LogP contribution in [0, 0.1) is 0 Å². The summed E-state index contributed by atoms with van der Waals surface area (Å²) in [6.45, 7) is 3.64. The van der Waals surface area contributed by atoms with Gasteiger partial charge in [-0.3, -0.25) is 9.59 Å². The minimum Gasteiger partial charge on any atom is -0.339 e. The Hall–Kier alpha value is -2.49. The third-order valence-corrected chi connectivity index (χ3v) is 8.14. The fourth-order valence-corrected chi connectivity index (χ4v) is 6.30. The summed E-state index contributed by atoms with van der Waals surface area (Å²) in [5.41, 5.74) is 1.44. The maximum Gasteiger partial charge on any atom is 0.260 e. The van der Waals surface area contributed by atoms with Gasteiger partial charge in [0, 0.05) is 35.1 Å². The summed E-state index contributed by atoms with van der Waals surface area (Å²) in [7, 11) is 0. The summed E-state index contributed by atoms with van der Waals surface area (Å²) in [5.74, 6) is 0.673. The average Bonchev–Trinajstić information content (AvgIpc) is 3.55. The fraction of sp³-hybridized carbons (Fsp3) is 0.273. The number of fused-ring (bicyclic) bond motifs is 1. The number of pyridine rings is 1. The van der Waals surface area contributed by atoms with E-state index in [9.17, 15) is 9.59 Å². The van der Waals surface area contributed by atoms with Gasteiger partial charge in [-0.1, -0.05) is 17.8 Å². The van der Waals surface area contributed by atoms with Crippen LogP contribution in [0.15, 0.2) is 51.0 Å². The zero-order chi connectivity index (χ0) is 21.4. The minimum atomic E-state index is -0.114. The normalized spacial score (nSPS) is 14.9. The summed E-state index contributed by atoms with van der Waals surface area (Å²) >= 11 is 4.61. The lowest BCUT2D eigenvalue weighted by Crippen LogP contribution is -2.27. The number of likely N-dealkylation sites (tertiary alicyclic amines) is 1. The number of hydrogen-bond acceptors (Lipinski definition) is 7. The van der Waals surface area contributed by atoms with Crippen LogP contribution in [0.1, 0.15) is 41.2 Å². The molecule has 0 aliphatic carbocycles. The number of H-pyrrole nitrogens is 1. The Bertz CT molecular complexity index is 1270. The van der Waals surface area contributed by atoms with Crippen LogP contribution in [0.2, 0.25) is 0 Å². The number of thioether (sulfide) groups is 1. The van der Waals surface area contributed by atoms with Gasteiger partial charge in [-0.25, -0.2) is 9.97 Å². The van der Waals surface area contributed by atoms with Crippen LogP contribution < -0.4 is 5.56 Å². The van der Waals surface area contributed by atoms with Crippen molar-refractivity contribution in [3.8, 4) is 10.4 Å². The number of nitrogens with zero attached hydrogens (tertiary/aromatic N) is 3. The second-order valence-electron chi connectivity index (χ2n) is 7.40. The second kappa shape index (κ2) is 8.57. The lowest BCUT2D eigenvalue weighted by molar-refractivity contribution is 0.0792. The molecule has 31 heavy (non-hydrogen) atoms. The van der Waals surface area contributed by atoms with E-state index < -0.39 is 0 Å². The highest BCUT2D eigenvalue weighted by Crippen LogP contribution is 2.36. The number of hydrogen-bond donors (Lipinski definition) is 1. The molecule has 1 aliphatic rings. The lowest BCUT2D eigenvalue weighted by atomic mass is 10.2. The van der Waals surface area contributed by atoms with E-state index in [-0.39, 0.29) is 16.7 Å². The number of amides is 1. The van der Waals surface area contributed by atoms with Crippen LogP contribution in [0.4, 0.5) is 0 Å². The van der Waals surface area contributed by atoms with E-state index in [1.807, 2.05) is 46.8 Å². The standard InChI is InChI=1S/C22H20N4O2S3/c1-13(31-17-7-6-14(11-23-17)22(28)26-8-2-3-9-26)19-24-20(27)18-15(12-30-21(18)25-19)16-5-4-10-29-16/h4-7,10-13H,2-3,8-9H2,1H3,(H,24,25,27). The molecule has 4 aromatic heterocycles. The maximum atomic E-state index is 12.8. The van der Waals surface area contributed by atoms with Gasteiger partial charge in [-0.05, 0) is 43.3 Å². The van der Waals surface area contributed by atoms with Gasteiger partial charge in [0.2, 0.25) is 0 Å². The highest BCUT2D eigenvalue weighted by Gasteiger charge is 2.21. The Morgan fingerprint density at radius 3 is 2.77 bits per heavy atom. The number of carbonyl (C=O) groups excluding carboxylic acids is 1. The molecule has 1 atom stereocenters. The first kappa shape index (κ1) is 20.4. The lowest BCUT2D eigenvalue weighted by Gasteiger charge is -2.15. The summed E-state index contributed by atoms with van der Waals surface area (Å²) < 4.78 is 0. The van der Waals surface area contributed by atoms with Crippen LogP contribution >= 0.6 is 34.4 Å². The monoisotopic (exact) mass is 468 g/mol. The second-order valence-corrected chi connectivity index (χ2v) is 10.6. The van der Waals surface area contributed by atoms with Gasteiger partial charge >= 0.3 is 0 Å². The Morgan fingerprint density at radius 2 is 2.06 bits per heavy atom. The molecule has 1 unspecified atom stereocenters. The van der Waals surface area contributed by atoms with Crippen molar-refractivity contribution >= 4 is 50.6 Å². The third-order valence-electron chi connectivity index (χ3n) is 5.31. The summed E-state index contributed by atoms with van der Waals surface area (Å²) in [4.78, 5) is 41.1. The van der Waals surface area contributed by atoms with Crippen LogP contribution in [0.25, 0.3) is 20.7 Å². The summed E-state index contributed by atoms with van der Waals surface area (Å²) in [6.07, 6.45) is 3.78. The van der Waals surface area contributed by atoms with Crippen molar-refractivity contribution in [2.24, 2.45) is 0 Å². The van der Waals surface area contributed by atoms with Gasteiger partial charge in [-0.15, -0.1) is 22.7 Å². The topological polar surface area (TPSA) is 79.0 Å². The molecular formula is C22H20N4O2S3. The summed E-state index contributed by atoms with van der Waals surface area (Å²) in [6, 6.07) is 7.69. The predicted molar refractivity (Wildman–Crippen MR) is 127 cm³/mol. The van der Waals surface area contributed by atoms with Gasteiger partial charge in [0.1, 0.15) is 10.7 Å². The van der Waals surface area contributed by atoms with Crippen LogP contribution in [-0.2, 0) is 0 Å². The van der Waals surface area contributed by atoms with Crippen molar-refractivity contribution in [3.63, 3.8) is 0 Å². The highest BCUT2D eigenvalue weighted by molar-refractivity contribution is 7.99. The van der Waals surface area contributed by atoms with Crippen LogP contribution in [0.5, 0.6) is 0 Å². The van der Waals surface area contributed by atoms with Crippen molar-refractivity contribution in [3.05, 3.63) is 63.0 Å². The van der Waals surface area contributed by atoms with Gasteiger partial charge < -0.3 is 9.88 Å². The van der Waals surface area contributed by atoms with Gasteiger partial charge in [0.15, 0.2) is 0 Å². The number of carbonyl (C=O) groups is 1. The van der Waals surface area contributed by atoms with E-state index in [2.05, 4.69) is 9.97 Å². The quantitative estimate of drug-likeness (QED) is 0.408. The Morgan fingerprint density at radius 1 is 1.23 bits per heavy atom. The molecule has 0 radical (unpaired) electrons. The third kappa shape index (κ3) is 4.05. The van der Waals surface area contributed by atoms with Crippen molar-refractivity contribution < 1.29 is 4.79 Å². The van der Waals surface area contributed by atoms with Crippen LogP contribution in [-0.4, -0.2) is 38.8 Å². The molecule has 1 N–H and O–H groups in total. The number of aromatic amines is 1. The smallest absolute Gasteiger partial charge is 0.260 e. The Balaban J connectivity index is 1.35. The highest BCUT2D eigenvalue weighted by atomic mass is 32.2. The first-order chi connectivity index (χ1) is 15.1. The largest absolute Gasteiger partial charge is 0.339 e. The summed E-state index contributed by atoms with van der Waals surface area (Å²) in [5, 5.41) is 5.36. The molecular weight excluding hydrogens is 448 g/mol. The van der Waals surface area contributed by atoms with E-state index in [0.29, 0.717) is 16.8 Å². The first-order valence-corrected chi connectivity index (χ1v) is 12.7. The van der Waals surface area contributed by atoms with Gasteiger partial charge in [0.25, 0.3) is 11.5 Å². The first-order valence-electron chi connectivity index (χ1n) is 10.1. The van der Waals surface area contributed by atoms with E-state index >= 15 is 0 Å². The minimum absolute atomic E-state index is 0.0466. The molecule has 1 fully saturated rings. The molecule has 6 nitrogen and oxygen atoms in total. The van der Waals surface area contributed by atoms with E-state index in [4.69, 9.17) is 4.98 Å². The number of nitrogens with one attached hydrogen (secondary N) is 1. The molecule has 5 heterocycles. The van der Waals surface area contributed by atoms with Gasteiger partial charge in [-0.2, -0.15) is 0 Å². The van der Waals surface area contributed by atoms with E-state index in [1.54, 1.807) is 17.5 Å². The molecule has 1 saturated heterocycles. The molecule has 1 aliphatic heterocycles. The average molecular weight is 469 g/mol. The van der Waals surface area contributed by atoms with E-state index in [0.717, 1.165) is 46.2 Å². The van der Waals surface area contributed by atoms with Gasteiger partial charge in [0.05, 0.1) is 21.2 Å². The Kier molecular flexibility index (Phi) is 5.64. The number of thiophene rings is 2. The SMILES string of the molecule is CC(Sc1ccc(C(=O)N2CCCC2)cn1)c1nc2scc(-c3cccs3)c2c(=O)[nH]1. The number of aromatic nitrogens is 3. The fourth-order valence-electron chi connectivity index (χ4n) is 3.69. The molecule has 0 aromatic carbocycles. The van der Waals surface area contributed by atoms with Crippen molar-refractivity contribution in [2.75, 3.05) is 13.1 Å². The number of rotatable bonds is 5. The van der Waals surface area contributed by atoms with Crippen molar-refractivity contribution in [1.82, 2.24) is 19.9 Å². The van der Waals surface area contributed by atoms with E-state index in [1.165, 1.54) is 23.1 Å². The maximum absolute atomic E-state index is 12.8. The molecule has 5 rings (SSSR count). The van der Waals surface area contributed by atoms with Crippen molar-refractivity contribution in [2.45, 2.75) is 30.0 Å². The zero-order valence-electron chi connectivity index (χ0n) is 16.8. The molecule has 9 heteroatoms. The van der Waals surface area contributed by atoms with Crippen LogP contribution in [0.3, 0.4) is 0 Å². The molecule has 0 bridgehead atoms. The molecule has 0 spiro atoms. The predicted octanol–water partition coefficient (Wildman–Crippen LogP) is 5.20. The molecule has 0 saturated carbocycles.